The van der Waals surface area contributed by atoms with Gasteiger partial charge in [-0.1, -0.05) is 17.7 Å². The Morgan fingerprint density at radius 3 is 2.74 bits per heavy atom. The molecule has 0 unspecified atom stereocenters. The Balaban J connectivity index is 1.59. The van der Waals surface area contributed by atoms with Crippen LogP contribution in [0.3, 0.4) is 0 Å². The first kappa shape index (κ1) is 18.8. The maximum absolute atomic E-state index is 13.0. The number of amides is 2. The molecule has 8 heteroatoms. The number of anilines is 2. The van der Waals surface area contributed by atoms with Crippen LogP contribution in [0, 0.1) is 5.82 Å². The summed E-state index contributed by atoms with van der Waals surface area (Å²) < 4.78 is 18.0. The molecule has 1 heterocycles. The van der Waals surface area contributed by atoms with E-state index in [1.54, 1.807) is 29.2 Å². The summed E-state index contributed by atoms with van der Waals surface area (Å²) in [6.45, 7) is 0.0809. The molecule has 140 valence electrons. The van der Waals surface area contributed by atoms with Crippen LogP contribution in [0.15, 0.2) is 42.5 Å². The smallest absolute Gasteiger partial charge is 0.338 e. The first-order valence-corrected chi connectivity index (χ1v) is 8.64. The second-order valence-corrected chi connectivity index (χ2v) is 6.35. The van der Waals surface area contributed by atoms with Gasteiger partial charge in [-0.15, -0.1) is 0 Å². The van der Waals surface area contributed by atoms with Gasteiger partial charge in [0.15, 0.2) is 6.61 Å². The highest BCUT2D eigenvalue weighted by molar-refractivity contribution is 6.33. The molecular formula is C19H16ClFN2O4. The van der Waals surface area contributed by atoms with Crippen molar-refractivity contribution in [2.24, 2.45) is 0 Å². The fourth-order valence-corrected chi connectivity index (χ4v) is 2.93. The molecule has 0 aliphatic carbocycles. The number of halogens is 2. The SMILES string of the molecule is O=C(COC(=O)c1cccc(N2CCCC2=O)c1)Nc1ccc(F)cc1Cl. The topological polar surface area (TPSA) is 75.7 Å². The van der Waals surface area contributed by atoms with Crippen molar-refractivity contribution in [3.63, 3.8) is 0 Å². The second kappa shape index (κ2) is 8.18. The standard InChI is InChI=1S/C19H16ClFN2O4/c20-15-10-13(21)6-7-16(15)22-17(24)11-27-19(26)12-3-1-4-14(9-12)23-8-2-5-18(23)25/h1,3-4,6-7,9-10H,2,5,8,11H2,(H,22,24). The minimum Gasteiger partial charge on any atom is -0.452 e. The molecule has 0 aromatic heterocycles. The molecule has 1 aliphatic rings. The first-order valence-electron chi connectivity index (χ1n) is 8.26. The number of esters is 1. The Labute approximate surface area is 159 Å². The molecule has 27 heavy (non-hydrogen) atoms. The van der Waals surface area contributed by atoms with Crippen LogP contribution in [0.25, 0.3) is 0 Å². The van der Waals surface area contributed by atoms with Crippen LogP contribution in [0.5, 0.6) is 0 Å². The number of nitrogens with zero attached hydrogens (tertiary/aromatic N) is 1. The third-order valence-corrected chi connectivity index (χ3v) is 4.32. The van der Waals surface area contributed by atoms with Gasteiger partial charge in [-0.25, -0.2) is 9.18 Å². The highest BCUT2D eigenvalue weighted by Crippen LogP contribution is 2.23. The van der Waals surface area contributed by atoms with Crippen LogP contribution in [0.2, 0.25) is 5.02 Å². The average Bonchev–Trinajstić information content (AvgIpc) is 3.08. The number of hydrogen-bond donors (Lipinski definition) is 1. The van der Waals surface area contributed by atoms with Crippen molar-refractivity contribution < 1.29 is 23.5 Å². The molecule has 0 spiro atoms. The number of hydrogen-bond acceptors (Lipinski definition) is 4. The van der Waals surface area contributed by atoms with E-state index in [1.165, 1.54) is 6.07 Å². The van der Waals surface area contributed by atoms with Gasteiger partial charge in [-0.3, -0.25) is 9.59 Å². The number of carbonyl (C=O) groups is 3. The van der Waals surface area contributed by atoms with E-state index >= 15 is 0 Å². The molecular weight excluding hydrogens is 375 g/mol. The highest BCUT2D eigenvalue weighted by atomic mass is 35.5. The molecule has 0 saturated carbocycles. The summed E-state index contributed by atoms with van der Waals surface area (Å²) in [6, 6.07) is 10.0. The van der Waals surface area contributed by atoms with Crippen LogP contribution in [-0.2, 0) is 14.3 Å². The monoisotopic (exact) mass is 390 g/mol. The molecule has 6 nitrogen and oxygen atoms in total. The molecule has 2 amide bonds. The summed E-state index contributed by atoms with van der Waals surface area (Å²) in [7, 11) is 0. The van der Waals surface area contributed by atoms with Crippen LogP contribution in [0.4, 0.5) is 15.8 Å². The third-order valence-electron chi connectivity index (χ3n) is 4.01. The zero-order valence-electron chi connectivity index (χ0n) is 14.2. The van der Waals surface area contributed by atoms with Crippen LogP contribution in [0.1, 0.15) is 23.2 Å². The lowest BCUT2D eigenvalue weighted by atomic mass is 10.2. The first-order chi connectivity index (χ1) is 12.9. The lowest BCUT2D eigenvalue weighted by Crippen LogP contribution is -2.24. The molecule has 2 aromatic rings. The van der Waals surface area contributed by atoms with Crippen molar-refractivity contribution in [2.75, 3.05) is 23.4 Å². The van der Waals surface area contributed by atoms with Crippen LogP contribution >= 0.6 is 11.6 Å². The summed E-state index contributed by atoms with van der Waals surface area (Å²) in [4.78, 5) is 37.5. The van der Waals surface area contributed by atoms with Crippen molar-refractivity contribution in [1.29, 1.82) is 0 Å². The van der Waals surface area contributed by atoms with E-state index in [1.807, 2.05) is 0 Å². The lowest BCUT2D eigenvalue weighted by Gasteiger charge is -2.16. The summed E-state index contributed by atoms with van der Waals surface area (Å²) >= 11 is 5.83. The molecule has 2 aromatic carbocycles. The van der Waals surface area contributed by atoms with Crippen molar-refractivity contribution in [3.05, 3.63) is 58.9 Å². The van der Waals surface area contributed by atoms with Gasteiger partial charge >= 0.3 is 5.97 Å². The van der Waals surface area contributed by atoms with Gasteiger partial charge in [0.05, 0.1) is 16.3 Å². The summed E-state index contributed by atoms with van der Waals surface area (Å²) in [5, 5.41) is 2.48. The minimum atomic E-state index is -0.691. The van der Waals surface area contributed by atoms with Crippen molar-refractivity contribution in [1.82, 2.24) is 0 Å². The average molecular weight is 391 g/mol. The normalized spacial score (nSPS) is 13.6. The van der Waals surface area contributed by atoms with E-state index in [2.05, 4.69) is 5.32 Å². The number of ether oxygens (including phenoxy) is 1. The Morgan fingerprint density at radius 2 is 2.04 bits per heavy atom. The zero-order chi connectivity index (χ0) is 19.4. The van der Waals surface area contributed by atoms with Gasteiger partial charge in [-0.05, 0) is 42.8 Å². The van der Waals surface area contributed by atoms with E-state index in [0.717, 1.165) is 18.6 Å². The van der Waals surface area contributed by atoms with Crippen LogP contribution < -0.4 is 10.2 Å². The number of nitrogens with one attached hydrogen (secondary N) is 1. The van der Waals surface area contributed by atoms with Crippen molar-refractivity contribution in [3.8, 4) is 0 Å². The fourth-order valence-electron chi connectivity index (χ4n) is 2.71. The largest absolute Gasteiger partial charge is 0.452 e. The van der Waals surface area contributed by atoms with Gasteiger partial charge in [-0.2, -0.15) is 0 Å². The molecule has 1 N–H and O–H groups in total. The quantitative estimate of drug-likeness (QED) is 0.794. The highest BCUT2D eigenvalue weighted by Gasteiger charge is 2.22. The van der Waals surface area contributed by atoms with E-state index in [9.17, 15) is 18.8 Å². The summed E-state index contributed by atoms with van der Waals surface area (Å²) in [5.41, 5.74) is 1.07. The van der Waals surface area contributed by atoms with E-state index in [0.29, 0.717) is 18.7 Å². The molecule has 0 radical (unpaired) electrons. The molecule has 3 rings (SSSR count). The lowest BCUT2D eigenvalue weighted by molar-refractivity contribution is -0.119. The van der Waals surface area contributed by atoms with Crippen LogP contribution in [-0.4, -0.2) is 30.9 Å². The Morgan fingerprint density at radius 1 is 1.22 bits per heavy atom. The minimum absolute atomic E-state index is 0.0103. The predicted octanol–water partition coefficient (Wildman–Crippen LogP) is 3.40. The Hall–Kier alpha value is -2.93. The summed E-state index contributed by atoms with van der Waals surface area (Å²) in [6.07, 6.45) is 1.26. The summed E-state index contributed by atoms with van der Waals surface area (Å²) in [5.74, 6) is -1.82. The molecule has 0 atom stereocenters. The fraction of sp³-hybridized carbons (Fsp3) is 0.211. The Kier molecular flexibility index (Phi) is 5.71. The van der Waals surface area contributed by atoms with E-state index in [-0.39, 0.29) is 22.2 Å². The number of carbonyl (C=O) groups excluding carboxylic acids is 3. The number of rotatable bonds is 5. The maximum Gasteiger partial charge on any atom is 0.338 e. The molecule has 0 bridgehead atoms. The van der Waals surface area contributed by atoms with Gasteiger partial charge in [0.25, 0.3) is 5.91 Å². The molecule has 1 aliphatic heterocycles. The molecule has 1 saturated heterocycles. The molecule has 1 fully saturated rings. The number of benzene rings is 2. The maximum atomic E-state index is 13.0. The Bertz CT molecular complexity index is 903. The zero-order valence-corrected chi connectivity index (χ0v) is 15.0. The van der Waals surface area contributed by atoms with Gasteiger partial charge < -0.3 is 15.0 Å². The van der Waals surface area contributed by atoms with E-state index in [4.69, 9.17) is 16.3 Å². The van der Waals surface area contributed by atoms with Crippen molar-refractivity contribution in [2.45, 2.75) is 12.8 Å². The second-order valence-electron chi connectivity index (χ2n) is 5.95. The van der Waals surface area contributed by atoms with Gasteiger partial charge in [0.1, 0.15) is 5.82 Å². The third kappa shape index (κ3) is 4.62. The van der Waals surface area contributed by atoms with Gasteiger partial charge in [0, 0.05) is 18.7 Å². The van der Waals surface area contributed by atoms with E-state index < -0.39 is 24.3 Å². The predicted molar refractivity (Wildman–Crippen MR) is 98.4 cm³/mol. The van der Waals surface area contributed by atoms with Gasteiger partial charge in [0.2, 0.25) is 5.91 Å². The van der Waals surface area contributed by atoms with Crippen molar-refractivity contribution >= 4 is 40.8 Å².